The van der Waals surface area contributed by atoms with Crippen molar-refractivity contribution in [3.8, 4) is 11.5 Å². The van der Waals surface area contributed by atoms with Crippen LogP contribution in [0.25, 0.3) is 0 Å². The zero-order valence-electron chi connectivity index (χ0n) is 13.9. The van der Waals surface area contributed by atoms with E-state index in [-0.39, 0.29) is 4.90 Å². The van der Waals surface area contributed by atoms with Crippen molar-refractivity contribution in [2.24, 2.45) is 5.10 Å². The molecule has 0 spiro atoms. The highest BCUT2D eigenvalue weighted by Crippen LogP contribution is 2.27. The average Bonchev–Trinajstić information content (AvgIpc) is 2.60. The number of sulfonamides is 1. The number of methoxy groups -OCH3 is 1. The summed E-state index contributed by atoms with van der Waals surface area (Å²) in [6.07, 6.45) is 2.21. The van der Waals surface area contributed by atoms with E-state index in [4.69, 9.17) is 9.47 Å². The molecule has 2 rings (SSSR count). The van der Waals surface area contributed by atoms with Crippen molar-refractivity contribution in [1.29, 1.82) is 0 Å². The maximum Gasteiger partial charge on any atom is 0.276 e. The number of hydrogen-bond donors (Lipinski definition) is 1. The van der Waals surface area contributed by atoms with Gasteiger partial charge in [0.25, 0.3) is 10.0 Å². The molecule has 2 aromatic rings. The van der Waals surface area contributed by atoms with E-state index >= 15 is 0 Å². The molecule has 0 aromatic heterocycles. The smallest absolute Gasteiger partial charge is 0.276 e. The van der Waals surface area contributed by atoms with Crippen LogP contribution in [0.15, 0.2) is 52.5 Å². The first-order chi connectivity index (χ1) is 12.0. The Balaban J connectivity index is 2.09. The summed E-state index contributed by atoms with van der Waals surface area (Å²) in [4.78, 5) is 2.00. The van der Waals surface area contributed by atoms with E-state index < -0.39 is 15.8 Å². The molecule has 2 aromatic carbocycles. The van der Waals surface area contributed by atoms with Crippen LogP contribution >= 0.6 is 0 Å². The number of hydrazone groups is 1. The van der Waals surface area contributed by atoms with Crippen LogP contribution in [0.4, 0.5) is 4.39 Å². The van der Waals surface area contributed by atoms with Crippen LogP contribution in [-0.4, -0.2) is 28.3 Å². The molecule has 0 aliphatic carbocycles. The Labute approximate surface area is 146 Å². The number of rotatable bonds is 8. The highest BCUT2D eigenvalue weighted by atomic mass is 32.2. The van der Waals surface area contributed by atoms with E-state index in [9.17, 15) is 12.8 Å². The summed E-state index contributed by atoms with van der Waals surface area (Å²) < 4.78 is 47.7. The molecule has 0 aliphatic heterocycles. The molecule has 0 atom stereocenters. The second-order valence-electron chi connectivity index (χ2n) is 5.07. The van der Waals surface area contributed by atoms with Crippen molar-refractivity contribution in [1.82, 2.24) is 4.83 Å². The molecule has 0 aliphatic rings. The number of nitrogens with one attached hydrogen (secondary N) is 1. The van der Waals surface area contributed by atoms with Crippen molar-refractivity contribution < 1.29 is 22.3 Å². The molecular weight excluding hydrogens is 347 g/mol. The average molecular weight is 366 g/mol. The van der Waals surface area contributed by atoms with E-state index in [1.807, 2.05) is 6.92 Å². The SMILES string of the molecule is CCCOc1ccc(/C=N/NS(=O)(=O)c2ccc(F)cc2)cc1OC. The second-order valence-corrected chi connectivity index (χ2v) is 6.73. The quantitative estimate of drug-likeness (QED) is 0.576. The van der Waals surface area contributed by atoms with Crippen LogP contribution in [0.3, 0.4) is 0 Å². The van der Waals surface area contributed by atoms with Gasteiger partial charge in [-0.15, -0.1) is 0 Å². The molecule has 0 fully saturated rings. The standard InChI is InChI=1S/C17H19FN2O4S/c1-3-10-24-16-9-4-13(11-17(16)23-2)12-19-20-25(21,22)15-7-5-14(18)6-8-15/h4-9,11-12,20H,3,10H2,1-2H3/b19-12+. The summed E-state index contributed by atoms with van der Waals surface area (Å²) in [6.45, 7) is 2.57. The molecule has 0 unspecified atom stereocenters. The van der Waals surface area contributed by atoms with E-state index in [1.165, 1.54) is 13.3 Å². The van der Waals surface area contributed by atoms with Gasteiger partial charge in [-0.1, -0.05) is 6.92 Å². The lowest BCUT2D eigenvalue weighted by Crippen LogP contribution is -2.18. The van der Waals surface area contributed by atoms with Crippen molar-refractivity contribution in [3.63, 3.8) is 0 Å². The molecule has 6 nitrogen and oxygen atoms in total. The summed E-state index contributed by atoms with van der Waals surface area (Å²) in [5, 5.41) is 3.73. The normalized spacial score (nSPS) is 11.5. The highest BCUT2D eigenvalue weighted by Gasteiger charge is 2.12. The maximum absolute atomic E-state index is 12.9. The number of hydrogen-bond acceptors (Lipinski definition) is 5. The van der Waals surface area contributed by atoms with Crippen LogP contribution in [0.5, 0.6) is 11.5 Å². The van der Waals surface area contributed by atoms with Gasteiger partial charge in [-0.25, -0.2) is 9.22 Å². The van der Waals surface area contributed by atoms with Crippen LogP contribution in [0.1, 0.15) is 18.9 Å². The second kappa shape index (κ2) is 8.48. The van der Waals surface area contributed by atoms with Gasteiger partial charge in [0, 0.05) is 0 Å². The van der Waals surface area contributed by atoms with Gasteiger partial charge in [0.2, 0.25) is 0 Å². The van der Waals surface area contributed by atoms with Gasteiger partial charge >= 0.3 is 0 Å². The Bertz CT molecular complexity index is 836. The molecule has 0 saturated carbocycles. The maximum atomic E-state index is 12.9. The number of ether oxygens (including phenoxy) is 2. The predicted octanol–water partition coefficient (Wildman–Crippen LogP) is 2.94. The summed E-state index contributed by atoms with van der Waals surface area (Å²) in [5.74, 6) is 0.618. The predicted molar refractivity (Wildman–Crippen MR) is 93.1 cm³/mol. The molecule has 0 bridgehead atoms. The first kappa shape index (κ1) is 18.7. The third kappa shape index (κ3) is 5.18. The molecule has 8 heteroatoms. The molecule has 0 heterocycles. The lowest BCUT2D eigenvalue weighted by Gasteiger charge is -2.10. The molecule has 134 valence electrons. The monoisotopic (exact) mass is 366 g/mol. The molecular formula is C17H19FN2O4S. The molecule has 1 N–H and O–H groups in total. The van der Waals surface area contributed by atoms with Crippen LogP contribution in [0.2, 0.25) is 0 Å². The van der Waals surface area contributed by atoms with E-state index in [0.717, 1.165) is 30.7 Å². The van der Waals surface area contributed by atoms with Gasteiger partial charge in [0.1, 0.15) is 5.82 Å². The fourth-order valence-electron chi connectivity index (χ4n) is 1.93. The summed E-state index contributed by atoms with van der Waals surface area (Å²) in [6, 6.07) is 9.59. The summed E-state index contributed by atoms with van der Waals surface area (Å²) in [7, 11) is -2.33. The fraction of sp³-hybridized carbons (Fsp3) is 0.235. The largest absolute Gasteiger partial charge is 0.493 e. The van der Waals surface area contributed by atoms with E-state index in [1.54, 1.807) is 18.2 Å². The summed E-state index contributed by atoms with van der Waals surface area (Å²) in [5.41, 5.74) is 0.627. The Morgan fingerprint density at radius 2 is 1.88 bits per heavy atom. The lowest BCUT2D eigenvalue weighted by molar-refractivity contribution is 0.294. The Morgan fingerprint density at radius 1 is 1.16 bits per heavy atom. The molecule has 0 saturated heterocycles. The Morgan fingerprint density at radius 3 is 2.52 bits per heavy atom. The van der Waals surface area contributed by atoms with Crippen molar-refractivity contribution >= 4 is 16.2 Å². The van der Waals surface area contributed by atoms with Crippen molar-refractivity contribution in [3.05, 3.63) is 53.8 Å². The number of halogens is 1. The minimum absolute atomic E-state index is 0.0769. The van der Waals surface area contributed by atoms with Gasteiger partial charge in [-0.2, -0.15) is 13.5 Å². The molecule has 0 amide bonds. The van der Waals surface area contributed by atoms with Gasteiger partial charge in [0.05, 0.1) is 24.8 Å². The highest BCUT2D eigenvalue weighted by molar-refractivity contribution is 7.89. The lowest BCUT2D eigenvalue weighted by atomic mass is 10.2. The minimum atomic E-state index is -3.85. The molecule has 25 heavy (non-hydrogen) atoms. The summed E-state index contributed by atoms with van der Waals surface area (Å²) >= 11 is 0. The van der Waals surface area contributed by atoms with E-state index in [0.29, 0.717) is 23.7 Å². The van der Waals surface area contributed by atoms with E-state index in [2.05, 4.69) is 9.93 Å². The van der Waals surface area contributed by atoms with Crippen LogP contribution in [0, 0.1) is 5.82 Å². The van der Waals surface area contributed by atoms with Gasteiger partial charge in [0.15, 0.2) is 11.5 Å². The van der Waals surface area contributed by atoms with Gasteiger partial charge in [-0.3, -0.25) is 0 Å². The fourth-order valence-corrected chi connectivity index (χ4v) is 2.72. The number of nitrogens with zero attached hydrogens (tertiary/aromatic N) is 1. The zero-order chi connectivity index (χ0) is 18.3. The van der Waals surface area contributed by atoms with Crippen LogP contribution < -0.4 is 14.3 Å². The third-order valence-electron chi connectivity index (χ3n) is 3.16. The van der Waals surface area contributed by atoms with Crippen LogP contribution in [-0.2, 0) is 10.0 Å². The topological polar surface area (TPSA) is 77.0 Å². The van der Waals surface area contributed by atoms with Gasteiger partial charge in [-0.05, 0) is 54.4 Å². The van der Waals surface area contributed by atoms with Crippen molar-refractivity contribution in [2.75, 3.05) is 13.7 Å². The minimum Gasteiger partial charge on any atom is -0.493 e. The molecule has 0 radical (unpaired) electrons. The first-order valence-electron chi connectivity index (χ1n) is 7.57. The Kier molecular flexibility index (Phi) is 6.35. The van der Waals surface area contributed by atoms with Gasteiger partial charge < -0.3 is 9.47 Å². The first-order valence-corrected chi connectivity index (χ1v) is 9.06. The van der Waals surface area contributed by atoms with Crippen molar-refractivity contribution in [2.45, 2.75) is 18.2 Å². The zero-order valence-corrected chi connectivity index (χ0v) is 14.7. The number of benzene rings is 2. The Hall–Kier alpha value is -2.61. The third-order valence-corrected chi connectivity index (χ3v) is 4.40.